The molecular formula is C16H25N5. The average Bonchev–Trinajstić information content (AvgIpc) is 2.84. The number of rotatable bonds is 7. The van der Waals surface area contributed by atoms with Crippen molar-refractivity contribution in [3.05, 3.63) is 35.9 Å². The monoisotopic (exact) mass is 287 g/mol. The fourth-order valence-electron chi connectivity index (χ4n) is 2.88. The molecule has 2 aromatic heterocycles. The van der Waals surface area contributed by atoms with Crippen LogP contribution in [0.5, 0.6) is 0 Å². The predicted octanol–water partition coefficient (Wildman–Crippen LogP) is 2.15. The summed E-state index contributed by atoms with van der Waals surface area (Å²) in [5, 5.41) is 12.5. The van der Waals surface area contributed by atoms with Gasteiger partial charge in [-0.1, -0.05) is 0 Å². The molecule has 21 heavy (non-hydrogen) atoms. The lowest BCUT2D eigenvalue weighted by molar-refractivity contribution is 0.339. The third-order valence-corrected chi connectivity index (χ3v) is 4.39. The number of hydrogen-bond acceptors (Lipinski definition) is 3. The van der Waals surface area contributed by atoms with Crippen molar-refractivity contribution in [2.24, 2.45) is 5.41 Å². The van der Waals surface area contributed by atoms with E-state index >= 15 is 0 Å². The topological polar surface area (TPSA) is 47.7 Å². The van der Waals surface area contributed by atoms with Crippen molar-refractivity contribution in [2.75, 3.05) is 6.54 Å². The van der Waals surface area contributed by atoms with Crippen LogP contribution in [0.25, 0.3) is 0 Å². The molecule has 0 aliphatic heterocycles. The number of hydrogen-bond donors (Lipinski definition) is 1. The summed E-state index contributed by atoms with van der Waals surface area (Å²) in [6.45, 7) is 9.42. The maximum atomic E-state index is 4.53. The molecule has 0 saturated heterocycles. The van der Waals surface area contributed by atoms with E-state index in [9.17, 15) is 0 Å². The van der Waals surface area contributed by atoms with Gasteiger partial charge in [0.2, 0.25) is 0 Å². The number of nitrogens with zero attached hydrogens (tertiary/aromatic N) is 4. The molecule has 0 unspecified atom stereocenters. The molecule has 2 aromatic rings. The van der Waals surface area contributed by atoms with Crippen LogP contribution in [0.15, 0.2) is 24.5 Å². The minimum Gasteiger partial charge on any atom is -0.312 e. The van der Waals surface area contributed by atoms with Crippen LogP contribution in [0.1, 0.15) is 31.2 Å². The van der Waals surface area contributed by atoms with E-state index in [2.05, 4.69) is 51.0 Å². The Hall–Kier alpha value is -1.62. The number of aryl methyl sites for hydroxylation is 2. The van der Waals surface area contributed by atoms with Crippen LogP contribution in [-0.4, -0.2) is 32.1 Å². The molecular weight excluding hydrogens is 262 g/mol. The van der Waals surface area contributed by atoms with Crippen LogP contribution >= 0.6 is 0 Å². The summed E-state index contributed by atoms with van der Waals surface area (Å²) in [5.74, 6) is 0. The van der Waals surface area contributed by atoms with Crippen molar-refractivity contribution < 1.29 is 0 Å². The molecule has 0 amide bonds. The molecule has 3 rings (SSSR count). The Labute approximate surface area is 126 Å². The van der Waals surface area contributed by atoms with Crippen molar-refractivity contribution in [2.45, 2.75) is 52.7 Å². The van der Waals surface area contributed by atoms with Crippen LogP contribution in [-0.2, 0) is 13.1 Å². The second-order valence-corrected chi connectivity index (χ2v) is 6.59. The summed E-state index contributed by atoms with van der Waals surface area (Å²) in [6, 6.07) is 4.56. The van der Waals surface area contributed by atoms with Gasteiger partial charge in [-0.05, 0) is 45.7 Å². The van der Waals surface area contributed by atoms with Crippen molar-refractivity contribution >= 4 is 0 Å². The molecule has 1 atom stereocenters. The van der Waals surface area contributed by atoms with Crippen LogP contribution in [0.2, 0.25) is 0 Å². The summed E-state index contributed by atoms with van der Waals surface area (Å²) in [4.78, 5) is 0. The third-order valence-electron chi connectivity index (χ3n) is 4.39. The lowest BCUT2D eigenvalue weighted by Crippen LogP contribution is -2.37. The normalized spacial score (nSPS) is 17.9. The van der Waals surface area contributed by atoms with E-state index in [1.54, 1.807) is 0 Å². The highest BCUT2D eigenvalue weighted by Crippen LogP contribution is 2.46. The van der Waals surface area contributed by atoms with E-state index in [-0.39, 0.29) is 0 Å². The first-order chi connectivity index (χ1) is 10.1. The Morgan fingerprint density at radius 1 is 1.38 bits per heavy atom. The first-order valence-electron chi connectivity index (χ1n) is 7.78. The van der Waals surface area contributed by atoms with Gasteiger partial charge in [0.15, 0.2) is 0 Å². The standard InChI is InChI=1S/C16H25N5/c1-13-9-15(3)21(19-13)10-14(2)17-11-16(5-6-16)12-20-8-4-7-18-20/h4,7-9,14,17H,5-6,10-12H2,1-3H3/t14-/m1/s1. The lowest BCUT2D eigenvalue weighted by atomic mass is 10.1. The largest absolute Gasteiger partial charge is 0.312 e. The van der Waals surface area contributed by atoms with Crippen LogP contribution < -0.4 is 5.32 Å². The van der Waals surface area contributed by atoms with Gasteiger partial charge in [0.1, 0.15) is 0 Å². The third kappa shape index (κ3) is 3.53. The van der Waals surface area contributed by atoms with Crippen molar-refractivity contribution in [1.29, 1.82) is 0 Å². The van der Waals surface area contributed by atoms with E-state index in [0.29, 0.717) is 11.5 Å². The Morgan fingerprint density at radius 3 is 2.76 bits per heavy atom. The summed E-state index contributed by atoms with van der Waals surface area (Å²) in [7, 11) is 0. The van der Waals surface area contributed by atoms with Gasteiger partial charge < -0.3 is 5.32 Å². The molecule has 1 fully saturated rings. The zero-order valence-electron chi connectivity index (χ0n) is 13.2. The summed E-state index contributed by atoms with van der Waals surface area (Å²) in [6.07, 6.45) is 6.51. The van der Waals surface area contributed by atoms with E-state index in [4.69, 9.17) is 0 Å². The molecule has 0 bridgehead atoms. The minimum absolute atomic E-state index is 0.412. The molecule has 5 heteroatoms. The predicted molar refractivity (Wildman–Crippen MR) is 83.1 cm³/mol. The van der Waals surface area contributed by atoms with Crippen LogP contribution in [0, 0.1) is 19.3 Å². The van der Waals surface area contributed by atoms with Gasteiger partial charge in [0, 0.05) is 42.6 Å². The lowest BCUT2D eigenvalue weighted by Gasteiger charge is -2.20. The van der Waals surface area contributed by atoms with Crippen molar-refractivity contribution in [3.8, 4) is 0 Å². The fourth-order valence-corrected chi connectivity index (χ4v) is 2.88. The van der Waals surface area contributed by atoms with Gasteiger partial charge in [0.05, 0.1) is 12.2 Å². The zero-order valence-corrected chi connectivity index (χ0v) is 13.2. The minimum atomic E-state index is 0.412. The van der Waals surface area contributed by atoms with Gasteiger partial charge in [-0.25, -0.2) is 0 Å². The quantitative estimate of drug-likeness (QED) is 0.849. The van der Waals surface area contributed by atoms with Gasteiger partial charge in [0.25, 0.3) is 0 Å². The molecule has 5 nitrogen and oxygen atoms in total. The molecule has 0 aromatic carbocycles. The maximum absolute atomic E-state index is 4.53. The molecule has 2 heterocycles. The number of nitrogens with one attached hydrogen (secondary N) is 1. The van der Waals surface area contributed by atoms with Gasteiger partial charge in [-0.3, -0.25) is 9.36 Å². The second kappa shape index (κ2) is 5.64. The van der Waals surface area contributed by atoms with Crippen molar-refractivity contribution in [3.63, 3.8) is 0 Å². The Morgan fingerprint density at radius 2 is 2.19 bits per heavy atom. The molecule has 1 aliphatic carbocycles. The SMILES string of the molecule is Cc1cc(C)n(C[C@@H](C)NCC2(Cn3cccn3)CC2)n1. The highest BCUT2D eigenvalue weighted by molar-refractivity contribution is 5.06. The highest BCUT2D eigenvalue weighted by Gasteiger charge is 2.42. The molecule has 0 radical (unpaired) electrons. The smallest absolute Gasteiger partial charge is 0.0596 e. The van der Waals surface area contributed by atoms with E-state index in [0.717, 1.165) is 25.3 Å². The van der Waals surface area contributed by atoms with E-state index in [1.165, 1.54) is 18.5 Å². The van der Waals surface area contributed by atoms with E-state index < -0.39 is 0 Å². The molecule has 1 N–H and O–H groups in total. The van der Waals surface area contributed by atoms with E-state index in [1.807, 2.05) is 19.2 Å². The summed E-state index contributed by atoms with van der Waals surface area (Å²) in [5.41, 5.74) is 2.74. The molecule has 1 aliphatic rings. The van der Waals surface area contributed by atoms with Gasteiger partial charge in [-0.2, -0.15) is 10.2 Å². The average molecular weight is 287 g/mol. The van der Waals surface area contributed by atoms with Crippen LogP contribution in [0.3, 0.4) is 0 Å². The van der Waals surface area contributed by atoms with Crippen LogP contribution in [0.4, 0.5) is 0 Å². The zero-order chi connectivity index (χ0) is 14.9. The maximum Gasteiger partial charge on any atom is 0.0596 e. The Bertz CT molecular complexity index is 580. The Kier molecular flexibility index (Phi) is 3.85. The van der Waals surface area contributed by atoms with Gasteiger partial charge in [-0.15, -0.1) is 0 Å². The highest BCUT2D eigenvalue weighted by atomic mass is 15.3. The van der Waals surface area contributed by atoms with Gasteiger partial charge >= 0.3 is 0 Å². The fraction of sp³-hybridized carbons (Fsp3) is 0.625. The molecule has 0 spiro atoms. The van der Waals surface area contributed by atoms with Crippen molar-refractivity contribution in [1.82, 2.24) is 24.9 Å². The molecule has 114 valence electrons. The molecule has 1 saturated carbocycles. The first kappa shape index (κ1) is 14.3. The number of aromatic nitrogens is 4. The second-order valence-electron chi connectivity index (χ2n) is 6.59. The summed E-state index contributed by atoms with van der Waals surface area (Å²) >= 11 is 0. The summed E-state index contributed by atoms with van der Waals surface area (Å²) < 4.78 is 4.15. The Balaban J connectivity index is 1.49. The first-order valence-corrected chi connectivity index (χ1v) is 7.78.